The number of rotatable bonds is 10. The zero-order valence-electron chi connectivity index (χ0n) is 22.7. The van der Waals surface area contributed by atoms with E-state index in [2.05, 4.69) is 10.3 Å². The van der Waals surface area contributed by atoms with Crippen molar-refractivity contribution in [2.75, 3.05) is 0 Å². The molecule has 44 heavy (non-hydrogen) atoms. The van der Waals surface area contributed by atoms with E-state index in [1.54, 1.807) is 5.38 Å². The van der Waals surface area contributed by atoms with Crippen LogP contribution in [-0.2, 0) is 32.0 Å². The van der Waals surface area contributed by atoms with Gasteiger partial charge in [0.05, 0.1) is 24.1 Å². The van der Waals surface area contributed by atoms with Crippen LogP contribution in [0.4, 0.5) is 0 Å². The largest absolute Gasteiger partial charge is 0.481 e. The Kier molecular flexibility index (Phi) is 8.20. The Bertz CT molecular complexity index is 1770. The van der Waals surface area contributed by atoms with E-state index in [1.165, 1.54) is 23.1 Å². The zero-order valence-corrected chi connectivity index (χ0v) is 26.0. The molecule has 2 aromatic carbocycles. The van der Waals surface area contributed by atoms with Gasteiger partial charge in [0.15, 0.2) is 0 Å². The molecule has 0 spiro atoms. The van der Waals surface area contributed by atoms with Gasteiger partial charge >= 0.3 is 11.9 Å². The number of β-lactam (4-membered cyclic amide) rings is 1. The molecule has 4 heterocycles. The molecule has 9 nitrogen and oxygen atoms in total. The van der Waals surface area contributed by atoms with Crippen molar-refractivity contribution in [1.29, 1.82) is 0 Å². The monoisotopic (exact) mass is 661 g/mol. The molecule has 3 N–H and O–H groups in total. The number of aliphatic carboxylic acids is 2. The summed E-state index contributed by atoms with van der Waals surface area (Å²) in [6, 6.07) is 20.6. The van der Waals surface area contributed by atoms with E-state index in [0.717, 1.165) is 32.9 Å². The summed E-state index contributed by atoms with van der Waals surface area (Å²) in [6.45, 7) is 0. The van der Waals surface area contributed by atoms with Crippen LogP contribution in [0.2, 0.25) is 0 Å². The first-order valence-electron chi connectivity index (χ1n) is 13.3. The van der Waals surface area contributed by atoms with Gasteiger partial charge in [-0.3, -0.25) is 19.3 Å². The maximum Gasteiger partial charge on any atom is 0.353 e. The number of amides is 2. The quantitative estimate of drug-likeness (QED) is 0.162. The summed E-state index contributed by atoms with van der Waals surface area (Å²) in [5.74, 6) is -4.16. The van der Waals surface area contributed by atoms with Gasteiger partial charge in [0.2, 0.25) is 5.91 Å². The van der Waals surface area contributed by atoms with E-state index in [1.807, 2.05) is 77.5 Å². The Morgan fingerprint density at radius 3 is 2.20 bits per heavy atom. The maximum atomic E-state index is 14.0. The number of nitrogens with one attached hydrogen (secondary N) is 1. The molecule has 2 aromatic heterocycles. The molecule has 6 rings (SSSR count). The van der Waals surface area contributed by atoms with Gasteiger partial charge in [-0.25, -0.2) is 9.78 Å². The number of nitrogens with zero attached hydrogens (tertiary/aromatic N) is 2. The SMILES string of the molecule is O=C(O)Cc1csc(C2=C(C(=O)O)N3C(=O)C(=S)[C@@H]3SC2(NC(=O)Cc2ccsc2)C(c2ccccc2)c2ccccc2)n1. The van der Waals surface area contributed by atoms with Gasteiger partial charge in [-0.05, 0) is 33.5 Å². The molecule has 1 fully saturated rings. The third kappa shape index (κ3) is 5.36. The van der Waals surface area contributed by atoms with E-state index in [4.69, 9.17) is 12.2 Å². The number of thiazole rings is 1. The molecule has 222 valence electrons. The Balaban J connectivity index is 1.67. The number of hydrogen-bond acceptors (Lipinski definition) is 9. The number of carbonyl (C=O) groups excluding carboxylic acids is 2. The highest BCUT2D eigenvalue weighted by atomic mass is 32.2. The fourth-order valence-corrected chi connectivity index (χ4v) is 9.29. The summed E-state index contributed by atoms with van der Waals surface area (Å²) in [5, 5.41) is 28.0. The second kappa shape index (κ2) is 12.1. The van der Waals surface area contributed by atoms with Crippen LogP contribution in [-0.4, -0.2) is 59.0 Å². The molecule has 13 heteroatoms. The fraction of sp³-hybridized carbons (Fsp3) is 0.161. The molecule has 2 amide bonds. The molecule has 2 aliphatic heterocycles. The molecule has 1 unspecified atom stereocenters. The van der Waals surface area contributed by atoms with E-state index in [0.29, 0.717) is 0 Å². The lowest BCUT2D eigenvalue weighted by molar-refractivity contribution is -0.139. The van der Waals surface area contributed by atoms with Crippen molar-refractivity contribution >= 4 is 80.8 Å². The van der Waals surface area contributed by atoms with Crippen LogP contribution in [0.1, 0.15) is 33.3 Å². The summed E-state index contributed by atoms with van der Waals surface area (Å²) in [7, 11) is 0. The van der Waals surface area contributed by atoms with Crippen LogP contribution in [0.5, 0.6) is 0 Å². The first kappa shape index (κ1) is 29.9. The molecule has 2 atom stereocenters. The molecule has 4 aromatic rings. The third-order valence-corrected chi connectivity index (χ3v) is 11.0. The van der Waals surface area contributed by atoms with Crippen molar-refractivity contribution in [3.05, 3.63) is 116 Å². The standard InChI is InChI=1S/C31H23N3O6S4/c35-21(13-17-11-12-42-15-17)33-31(23(18-7-3-1-4-8-18)19-9-5-2-6-10-19)24(27-32-20(16-43-27)14-22(36)37)25(30(39)40)34-28(38)26(41)29(34)44-31/h1-12,15-16,23,29H,13-14H2,(H,33,35)(H,36,37)(H,39,40)/t29-,31?/m0/s1. The predicted octanol–water partition coefficient (Wildman–Crippen LogP) is 4.80. The van der Waals surface area contributed by atoms with E-state index in [-0.39, 0.29) is 45.6 Å². The Hall–Kier alpha value is -4.17. The smallest absolute Gasteiger partial charge is 0.353 e. The van der Waals surface area contributed by atoms with Crippen LogP contribution in [0, 0.1) is 0 Å². The van der Waals surface area contributed by atoms with Gasteiger partial charge in [-0.1, -0.05) is 84.6 Å². The average molecular weight is 662 g/mol. The van der Waals surface area contributed by atoms with Crippen molar-refractivity contribution < 1.29 is 29.4 Å². The number of fused-ring (bicyclic) bond motifs is 1. The van der Waals surface area contributed by atoms with E-state index < -0.39 is 34.0 Å². The van der Waals surface area contributed by atoms with Crippen molar-refractivity contribution in [3.63, 3.8) is 0 Å². The summed E-state index contributed by atoms with van der Waals surface area (Å²) >= 11 is 9.17. The highest BCUT2D eigenvalue weighted by molar-refractivity contribution is 8.04. The van der Waals surface area contributed by atoms with Gasteiger partial charge in [0.25, 0.3) is 5.91 Å². The molecule has 0 radical (unpaired) electrons. The third-order valence-electron chi connectivity index (χ3n) is 7.28. The topological polar surface area (TPSA) is 137 Å². The van der Waals surface area contributed by atoms with Crippen molar-refractivity contribution in [3.8, 4) is 0 Å². The molecule has 2 aliphatic rings. The number of aromatic nitrogens is 1. The maximum absolute atomic E-state index is 14.0. The van der Waals surface area contributed by atoms with Crippen molar-refractivity contribution in [1.82, 2.24) is 15.2 Å². The highest BCUT2D eigenvalue weighted by Crippen LogP contribution is 2.59. The number of benzene rings is 2. The van der Waals surface area contributed by atoms with Gasteiger partial charge in [0, 0.05) is 11.3 Å². The number of hydrogen-bond donors (Lipinski definition) is 3. The normalized spacial score (nSPS) is 19.5. The number of thiocarbonyl (C=S) groups is 1. The number of thiophene rings is 1. The highest BCUT2D eigenvalue weighted by Gasteiger charge is 2.62. The molecular weight excluding hydrogens is 639 g/mol. The fourth-order valence-electron chi connectivity index (χ4n) is 5.53. The predicted molar refractivity (Wildman–Crippen MR) is 172 cm³/mol. The number of carboxylic acid groups (broad SMARTS) is 2. The lowest BCUT2D eigenvalue weighted by Gasteiger charge is -2.54. The van der Waals surface area contributed by atoms with Gasteiger partial charge in [-0.15, -0.1) is 11.3 Å². The van der Waals surface area contributed by atoms with Crippen LogP contribution >= 0.6 is 46.7 Å². The summed E-state index contributed by atoms with van der Waals surface area (Å²) in [4.78, 5) is 56.0. The molecule has 1 saturated heterocycles. The van der Waals surface area contributed by atoms with Crippen molar-refractivity contribution in [2.45, 2.75) is 29.0 Å². The van der Waals surface area contributed by atoms with Crippen LogP contribution in [0.3, 0.4) is 0 Å². The minimum Gasteiger partial charge on any atom is -0.481 e. The molecule has 0 aliphatic carbocycles. The number of carboxylic acids is 2. The minimum atomic E-state index is -1.55. The summed E-state index contributed by atoms with van der Waals surface area (Å²) < 4.78 is 0. The molecular formula is C31H23N3O6S4. The average Bonchev–Trinajstić information content (AvgIpc) is 3.69. The summed E-state index contributed by atoms with van der Waals surface area (Å²) in [6.07, 6.45) is -0.356. The zero-order chi connectivity index (χ0) is 31.0. The Morgan fingerprint density at radius 2 is 1.64 bits per heavy atom. The summed E-state index contributed by atoms with van der Waals surface area (Å²) in [5.41, 5.74) is 2.31. The lowest BCUT2D eigenvalue weighted by Crippen LogP contribution is -2.67. The van der Waals surface area contributed by atoms with Gasteiger partial charge in [0.1, 0.15) is 25.8 Å². The molecule has 0 bridgehead atoms. The van der Waals surface area contributed by atoms with Gasteiger partial charge < -0.3 is 15.5 Å². The Labute approximate surface area is 269 Å². The van der Waals surface area contributed by atoms with E-state index in [9.17, 15) is 29.4 Å². The first-order valence-corrected chi connectivity index (χ1v) is 16.4. The minimum absolute atomic E-state index is 0.0255. The number of carbonyl (C=O) groups is 4. The second-order valence-corrected chi connectivity index (χ2v) is 13.5. The molecule has 0 saturated carbocycles. The van der Waals surface area contributed by atoms with Crippen molar-refractivity contribution in [2.24, 2.45) is 0 Å². The Morgan fingerprint density at radius 1 is 0.977 bits per heavy atom. The first-order chi connectivity index (χ1) is 21.2. The van der Waals surface area contributed by atoms with Crippen LogP contribution < -0.4 is 5.32 Å². The second-order valence-electron chi connectivity index (χ2n) is 10.1. The van der Waals surface area contributed by atoms with Crippen LogP contribution in [0.15, 0.2) is 88.6 Å². The van der Waals surface area contributed by atoms with Crippen LogP contribution in [0.25, 0.3) is 5.57 Å². The van der Waals surface area contributed by atoms with Gasteiger partial charge in [-0.2, -0.15) is 11.3 Å². The number of thioether (sulfide) groups is 1. The lowest BCUT2D eigenvalue weighted by atomic mass is 9.79. The van der Waals surface area contributed by atoms with E-state index >= 15 is 0 Å².